The number of nitrogens with one attached hydrogen (secondary N) is 1. The molecule has 0 aliphatic carbocycles. The normalized spacial score (nSPS) is 18.9. The average molecular weight is 280 g/mol. The molecule has 0 bridgehead atoms. The van der Waals surface area contributed by atoms with Gasteiger partial charge in [-0.3, -0.25) is 0 Å². The Morgan fingerprint density at radius 1 is 1.35 bits per heavy atom. The minimum Gasteiger partial charge on any atom is -0.472 e. The fourth-order valence-electron chi connectivity index (χ4n) is 2.94. The lowest BCUT2D eigenvalue weighted by molar-refractivity contribution is -0.00250. The van der Waals surface area contributed by atoms with Crippen molar-refractivity contribution in [3.8, 4) is 0 Å². The zero-order valence-corrected chi connectivity index (χ0v) is 13.0. The summed E-state index contributed by atoms with van der Waals surface area (Å²) in [5.74, 6) is 0. The Morgan fingerprint density at radius 2 is 2.10 bits per heavy atom. The second-order valence-corrected chi connectivity index (χ2v) is 6.45. The predicted octanol–water partition coefficient (Wildman–Crippen LogP) is 2.51. The monoisotopic (exact) mass is 280 g/mol. The minimum absolute atomic E-state index is 0.334. The highest BCUT2D eigenvalue weighted by atomic mass is 16.5. The molecule has 0 spiro atoms. The van der Waals surface area contributed by atoms with Crippen LogP contribution in [0, 0.1) is 5.41 Å². The molecule has 1 aliphatic rings. The molecule has 4 heteroatoms. The van der Waals surface area contributed by atoms with Crippen LogP contribution in [0.1, 0.15) is 32.3 Å². The van der Waals surface area contributed by atoms with E-state index in [2.05, 4.69) is 31.1 Å². The molecule has 2 rings (SSSR count). The summed E-state index contributed by atoms with van der Waals surface area (Å²) in [7, 11) is 2.19. The molecular formula is C16H28N2O2. The third-order valence-corrected chi connectivity index (χ3v) is 4.08. The van der Waals surface area contributed by atoms with Crippen molar-refractivity contribution in [2.24, 2.45) is 5.41 Å². The summed E-state index contributed by atoms with van der Waals surface area (Å²) in [5.41, 5.74) is 1.58. The highest BCUT2D eigenvalue weighted by molar-refractivity contribution is 5.05. The molecule has 1 aromatic rings. The van der Waals surface area contributed by atoms with Crippen LogP contribution in [-0.2, 0) is 11.3 Å². The van der Waals surface area contributed by atoms with Gasteiger partial charge in [-0.25, -0.2) is 0 Å². The summed E-state index contributed by atoms with van der Waals surface area (Å²) in [6.07, 6.45) is 5.86. The van der Waals surface area contributed by atoms with Gasteiger partial charge in [-0.2, -0.15) is 0 Å². The lowest BCUT2D eigenvalue weighted by atomic mass is 9.79. The minimum atomic E-state index is 0.334. The van der Waals surface area contributed by atoms with Crippen LogP contribution in [0.15, 0.2) is 23.0 Å². The van der Waals surface area contributed by atoms with Crippen molar-refractivity contribution in [1.29, 1.82) is 0 Å². The number of hydrogen-bond acceptors (Lipinski definition) is 4. The molecule has 0 aromatic carbocycles. The largest absolute Gasteiger partial charge is 0.472 e. The molecule has 114 valence electrons. The zero-order valence-electron chi connectivity index (χ0n) is 13.0. The number of nitrogens with zero attached hydrogens (tertiary/aromatic N) is 1. The first-order chi connectivity index (χ1) is 9.60. The van der Waals surface area contributed by atoms with Gasteiger partial charge in [-0.05, 0) is 31.4 Å². The maximum Gasteiger partial charge on any atom is 0.0947 e. The van der Waals surface area contributed by atoms with Crippen molar-refractivity contribution in [3.63, 3.8) is 0 Å². The number of furan rings is 1. The van der Waals surface area contributed by atoms with Crippen LogP contribution in [0.4, 0.5) is 0 Å². The van der Waals surface area contributed by atoms with Crippen LogP contribution in [0.2, 0.25) is 0 Å². The van der Waals surface area contributed by atoms with Gasteiger partial charge in [0.05, 0.1) is 12.5 Å². The summed E-state index contributed by atoms with van der Waals surface area (Å²) < 4.78 is 10.7. The van der Waals surface area contributed by atoms with Crippen LogP contribution >= 0.6 is 0 Å². The first kappa shape index (κ1) is 15.5. The molecule has 2 heterocycles. The molecule has 4 nitrogen and oxygen atoms in total. The van der Waals surface area contributed by atoms with Crippen molar-refractivity contribution < 1.29 is 9.15 Å². The summed E-state index contributed by atoms with van der Waals surface area (Å²) in [6.45, 7) is 9.31. The topological polar surface area (TPSA) is 37.6 Å². The second-order valence-electron chi connectivity index (χ2n) is 6.45. The Balaban J connectivity index is 1.92. The fraction of sp³-hybridized carbons (Fsp3) is 0.750. The van der Waals surface area contributed by atoms with E-state index >= 15 is 0 Å². The van der Waals surface area contributed by atoms with Crippen molar-refractivity contribution in [3.05, 3.63) is 24.2 Å². The van der Waals surface area contributed by atoms with Gasteiger partial charge in [0.2, 0.25) is 0 Å². The highest BCUT2D eigenvalue weighted by Gasteiger charge is 2.33. The average Bonchev–Trinajstić information content (AvgIpc) is 2.90. The van der Waals surface area contributed by atoms with Gasteiger partial charge in [-0.1, -0.05) is 13.8 Å². The Kier molecular flexibility index (Phi) is 5.64. The number of hydrogen-bond donors (Lipinski definition) is 1. The first-order valence-electron chi connectivity index (χ1n) is 7.60. The Morgan fingerprint density at radius 3 is 2.70 bits per heavy atom. The first-order valence-corrected chi connectivity index (χ1v) is 7.60. The lowest BCUT2D eigenvalue weighted by Crippen LogP contribution is -2.47. The standard InChI is InChI=1S/C16H28N2O2/c1-14(2)17-12-16(5-8-19-9-6-16)13-18(3)10-15-4-7-20-11-15/h4,7,11,14,17H,5-6,8-10,12-13H2,1-3H3. The van der Waals surface area contributed by atoms with Gasteiger partial charge in [-0.15, -0.1) is 0 Å². The summed E-state index contributed by atoms with van der Waals surface area (Å²) in [6, 6.07) is 2.58. The van der Waals surface area contributed by atoms with Crippen molar-refractivity contribution in [2.45, 2.75) is 39.3 Å². The number of rotatable bonds is 7. The molecule has 0 saturated carbocycles. The van der Waals surface area contributed by atoms with E-state index in [4.69, 9.17) is 9.15 Å². The van der Waals surface area contributed by atoms with E-state index in [0.29, 0.717) is 11.5 Å². The van der Waals surface area contributed by atoms with E-state index in [1.54, 1.807) is 6.26 Å². The second kappa shape index (κ2) is 7.25. The van der Waals surface area contributed by atoms with Gasteiger partial charge in [0.15, 0.2) is 0 Å². The molecule has 1 aliphatic heterocycles. The van der Waals surface area contributed by atoms with Crippen LogP contribution < -0.4 is 5.32 Å². The number of ether oxygens (including phenoxy) is 1. The molecule has 1 fully saturated rings. The van der Waals surface area contributed by atoms with Crippen LogP contribution in [0.25, 0.3) is 0 Å². The van der Waals surface area contributed by atoms with E-state index in [-0.39, 0.29) is 0 Å². The maximum atomic E-state index is 5.56. The van der Waals surface area contributed by atoms with E-state index in [1.807, 2.05) is 12.3 Å². The van der Waals surface area contributed by atoms with Gasteiger partial charge < -0.3 is 19.4 Å². The fourth-order valence-corrected chi connectivity index (χ4v) is 2.94. The molecular weight excluding hydrogens is 252 g/mol. The Labute approximate surface area is 122 Å². The molecule has 0 unspecified atom stereocenters. The molecule has 0 atom stereocenters. The van der Waals surface area contributed by atoms with Gasteiger partial charge in [0.1, 0.15) is 0 Å². The van der Waals surface area contributed by atoms with Crippen LogP contribution in [0.5, 0.6) is 0 Å². The van der Waals surface area contributed by atoms with Crippen LogP contribution in [-0.4, -0.2) is 44.3 Å². The van der Waals surface area contributed by atoms with Crippen molar-refractivity contribution in [1.82, 2.24) is 10.2 Å². The SMILES string of the molecule is CC(C)NCC1(CN(C)Cc2ccoc2)CCOCC1. The molecule has 20 heavy (non-hydrogen) atoms. The quantitative estimate of drug-likeness (QED) is 0.833. The maximum absolute atomic E-state index is 5.56. The van der Waals surface area contributed by atoms with E-state index in [9.17, 15) is 0 Å². The van der Waals surface area contributed by atoms with Crippen molar-refractivity contribution >= 4 is 0 Å². The smallest absolute Gasteiger partial charge is 0.0947 e. The van der Waals surface area contributed by atoms with Crippen molar-refractivity contribution in [2.75, 3.05) is 33.4 Å². The van der Waals surface area contributed by atoms with Crippen LogP contribution in [0.3, 0.4) is 0 Å². The molecule has 0 radical (unpaired) electrons. The molecule has 1 N–H and O–H groups in total. The lowest BCUT2D eigenvalue weighted by Gasteiger charge is -2.40. The summed E-state index contributed by atoms with van der Waals surface area (Å²) >= 11 is 0. The van der Waals surface area contributed by atoms with E-state index < -0.39 is 0 Å². The third kappa shape index (κ3) is 4.62. The third-order valence-electron chi connectivity index (χ3n) is 4.08. The molecule has 1 aromatic heterocycles. The zero-order chi connectivity index (χ0) is 14.4. The highest BCUT2D eigenvalue weighted by Crippen LogP contribution is 2.31. The van der Waals surface area contributed by atoms with E-state index in [0.717, 1.165) is 45.7 Å². The summed E-state index contributed by atoms with van der Waals surface area (Å²) in [4.78, 5) is 2.40. The van der Waals surface area contributed by atoms with E-state index in [1.165, 1.54) is 5.56 Å². The van der Waals surface area contributed by atoms with Gasteiger partial charge in [0.25, 0.3) is 0 Å². The Bertz CT molecular complexity index is 370. The molecule has 1 saturated heterocycles. The summed E-state index contributed by atoms with van der Waals surface area (Å²) in [5, 5.41) is 3.62. The molecule has 0 amide bonds. The van der Waals surface area contributed by atoms with Gasteiger partial charge >= 0.3 is 0 Å². The van der Waals surface area contributed by atoms with Gasteiger partial charge in [0, 0.05) is 44.5 Å². The Hall–Kier alpha value is -0.840. The predicted molar refractivity (Wildman–Crippen MR) is 80.7 cm³/mol.